The molecule has 1 N–H and O–H groups in total. The number of nitrogens with zero attached hydrogens (tertiary/aromatic N) is 4. The number of piperidine rings is 2. The fourth-order valence-electron chi connectivity index (χ4n) is 3.42. The highest BCUT2D eigenvalue weighted by Crippen LogP contribution is 2.30. The number of aromatic nitrogens is 3. The zero-order valence-corrected chi connectivity index (χ0v) is 13.0. The first-order chi connectivity index (χ1) is 10.6. The van der Waals surface area contributed by atoms with Gasteiger partial charge in [0.2, 0.25) is 11.8 Å². The summed E-state index contributed by atoms with van der Waals surface area (Å²) >= 11 is 0. The molecule has 0 aliphatic carbocycles. The zero-order valence-electron chi connectivity index (χ0n) is 13.0. The van der Waals surface area contributed by atoms with Crippen molar-refractivity contribution in [1.82, 2.24) is 25.2 Å². The van der Waals surface area contributed by atoms with E-state index >= 15 is 0 Å². The van der Waals surface area contributed by atoms with Crippen molar-refractivity contribution in [2.75, 3.05) is 19.6 Å². The third kappa shape index (κ3) is 3.13. The Balaban J connectivity index is 1.61. The second-order valence-corrected chi connectivity index (χ2v) is 6.72. The molecule has 3 heterocycles. The quantitative estimate of drug-likeness (QED) is 0.878. The maximum Gasteiger partial charge on any atom is 0.230 e. The van der Waals surface area contributed by atoms with Crippen LogP contribution in [0, 0.1) is 11.3 Å². The van der Waals surface area contributed by atoms with Crippen LogP contribution in [-0.2, 0) is 16.1 Å². The monoisotopic (exact) mass is 305 g/mol. The van der Waals surface area contributed by atoms with Crippen LogP contribution in [0.4, 0.5) is 0 Å². The van der Waals surface area contributed by atoms with E-state index < -0.39 is 5.41 Å². The van der Waals surface area contributed by atoms with Gasteiger partial charge in [0.25, 0.3) is 0 Å². The first-order valence-corrected chi connectivity index (χ1v) is 7.97. The van der Waals surface area contributed by atoms with Crippen molar-refractivity contribution in [2.24, 2.45) is 11.3 Å². The predicted molar refractivity (Wildman–Crippen MR) is 79.7 cm³/mol. The Bertz CT molecular complexity index is 532. The van der Waals surface area contributed by atoms with Gasteiger partial charge < -0.3 is 10.2 Å². The van der Waals surface area contributed by atoms with Gasteiger partial charge in [0.05, 0.1) is 11.6 Å². The van der Waals surface area contributed by atoms with Crippen molar-refractivity contribution in [3.05, 3.63) is 12.4 Å². The number of nitrogens with one attached hydrogen (secondary N) is 1. The van der Waals surface area contributed by atoms with Crippen molar-refractivity contribution < 1.29 is 9.59 Å². The molecule has 2 fully saturated rings. The molecule has 120 valence electrons. The Labute approximate surface area is 130 Å². The molecule has 7 heteroatoms. The summed E-state index contributed by atoms with van der Waals surface area (Å²) in [6.45, 7) is 4.81. The van der Waals surface area contributed by atoms with E-state index in [4.69, 9.17) is 0 Å². The predicted octanol–water partition coefficient (Wildman–Crippen LogP) is 0.433. The highest BCUT2D eigenvalue weighted by atomic mass is 16.2. The molecule has 0 spiro atoms. The molecule has 0 radical (unpaired) electrons. The lowest BCUT2D eigenvalue weighted by Gasteiger charge is -2.40. The molecule has 0 aromatic carbocycles. The Hall–Kier alpha value is -1.92. The van der Waals surface area contributed by atoms with Crippen molar-refractivity contribution in [1.29, 1.82) is 0 Å². The lowest BCUT2D eigenvalue weighted by atomic mass is 9.80. The molecule has 2 amide bonds. The molecular weight excluding hydrogens is 282 g/mol. The van der Waals surface area contributed by atoms with Crippen LogP contribution in [0.1, 0.15) is 32.6 Å². The normalized spacial score (nSPS) is 29.2. The van der Waals surface area contributed by atoms with Gasteiger partial charge in [-0.05, 0) is 32.1 Å². The van der Waals surface area contributed by atoms with Crippen LogP contribution in [-0.4, -0.2) is 51.3 Å². The van der Waals surface area contributed by atoms with Gasteiger partial charge >= 0.3 is 0 Å². The fraction of sp³-hybridized carbons (Fsp3) is 0.733. The summed E-state index contributed by atoms with van der Waals surface area (Å²) in [6, 6.07) is 0. The Morgan fingerprint density at radius 2 is 2.41 bits per heavy atom. The Kier molecular flexibility index (Phi) is 4.13. The lowest BCUT2D eigenvalue weighted by molar-refractivity contribution is -0.145. The van der Waals surface area contributed by atoms with Crippen LogP contribution < -0.4 is 5.32 Å². The van der Waals surface area contributed by atoms with Crippen LogP contribution in [0.5, 0.6) is 0 Å². The average molecular weight is 305 g/mol. The Morgan fingerprint density at radius 3 is 3.09 bits per heavy atom. The van der Waals surface area contributed by atoms with E-state index in [9.17, 15) is 9.59 Å². The molecule has 2 unspecified atom stereocenters. The van der Waals surface area contributed by atoms with Crippen molar-refractivity contribution in [3.8, 4) is 0 Å². The third-order valence-corrected chi connectivity index (χ3v) is 4.82. The van der Waals surface area contributed by atoms with Gasteiger partial charge in [0.15, 0.2) is 0 Å². The van der Waals surface area contributed by atoms with Gasteiger partial charge in [-0.15, -0.1) is 5.10 Å². The van der Waals surface area contributed by atoms with Gasteiger partial charge in [-0.25, -0.2) is 0 Å². The third-order valence-electron chi connectivity index (χ3n) is 4.82. The smallest absolute Gasteiger partial charge is 0.230 e. The van der Waals surface area contributed by atoms with Crippen molar-refractivity contribution in [2.45, 2.75) is 39.2 Å². The molecule has 0 bridgehead atoms. The molecule has 2 atom stereocenters. The molecule has 1 aromatic rings. The zero-order chi connectivity index (χ0) is 15.6. The molecule has 0 saturated carbocycles. The maximum absolute atomic E-state index is 12.9. The van der Waals surface area contributed by atoms with Gasteiger partial charge in [0.1, 0.15) is 0 Å². The number of rotatable bonds is 3. The first kappa shape index (κ1) is 15.0. The largest absolute Gasteiger partial charge is 0.355 e. The van der Waals surface area contributed by atoms with Gasteiger partial charge in [-0.2, -0.15) is 0 Å². The second kappa shape index (κ2) is 6.06. The van der Waals surface area contributed by atoms with Crippen LogP contribution >= 0.6 is 0 Å². The minimum Gasteiger partial charge on any atom is -0.355 e. The summed E-state index contributed by atoms with van der Waals surface area (Å²) in [5.74, 6) is 0.643. The van der Waals surface area contributed by atoms with Crippen molar-refractivity contribution in [3.63, 3.8) is 0 Å². The lowest BCUT2D eigenvalue weighted by Crippen LogP contribution is -2.54. The van der Waals surface area contributed by atoms with Crippen LogP contribution in [0.3, 0.4) is 0 Å². The summed E-state index contributed by atoms with van der Waals surface area (Å²) in [6.07, 6.45) is 6.75. The number of hydrogen-bond acceptors (Lipinski definition) is 4. The maximum atomic E-state index is 12.9. The van der Waals surface area contributed by atoms with Gasteiger partial charge in [-0.1, -0.05) is 5.21 Å². The van der Waals surface area contributed by atoms with Gasteiger partial charge in [0, 0.05) is 38.8 Å². The molecule has 3 rings (SSSR count). The van der Waals surface area contributed by atoms with E-state index in [0.717, 1.165) is 32.5 Å². The number of likely N-dealkylation sites (tertiary alicyclic amines) is 1. The number of carbonyl (C=O) groups is 2. The molecule has 7 nitrogen and oxygen atoms in total. The van der Waals surface area contributed by atoms with E-state index in [1.165, 1.54) is 0 Å². The van der Waals surface area contributed by atoms with E-state index in [1.54, 1.807) is 6.20 Å². The van der Waals surface area contributed by atoms with Crippen LogP contribution in [0.25, 0.3) is 0 Å². The molecule has 2 aliphatic heterocycles. The highest BCUT2D eigenvalue weighted by Gasteiger charge is 2.40. The minimum atomic E-state index is -0.455. The number of amides is 2. The van der Waals surface area contributed by atoms with E-state index in [2.05, 4.69) is 15.6 Å². The SMILES string of the molecule is CC1(C(=O)N2CCCC(Cn3ccnn3)C2)CCC(=O)NC1. The molecule has 2 aliphatic rings. The van der Waals surface area contributed by atoms with E-state index in [1.807, 2.05) is 22.7 Å². The average Bonchev–Trinajstić information content (AvgIpc) is 3.03. The van der Waals surface area contributed by atoms with E-state index in [0.29, 0.717) is 25.3 Å². The summed E-state index contributed by atoms with van der Waals surface area (Å²) in [5.41, 5.74) is -0.455. The van der Waals surface area contributed by atoms with Crippen LogP contribution in [0.2, 0.25) is 0 Å². The highest BCUT2D eigenvalue weighted by molar-refractivity contribution is 5.86. The first-order valence-electron chi connectivity index (χ1n) is 7.97. The summed E-state index contributed by atoms with van der Waals surface area (Å²) in [5, 5.41) is 10.7. The topological polar surface area (TPSA) is 80.1 Å². The minimum absolute atomic E-state index is 0.0491. The fourth-order valence-corrected chi connectivity index (χ4v) is 3.42. The summed E-state index contributed by atoms with van der Waals surface area (Å²) < 4.78 is 1.83. The standard InChI is InChI=1S/C15H23N5O2/c1-15(5-4-13(21)16-11-15)14(22)19-7-2-3-12(9-19)10-20-8-6-17-18-20/h6,8,12H,2-5,7,9-11H2,1H3,(H,16,21). The Morgan fingerprint density at radius 1 is 1.55 bits per heavy atom. The number of hydrogen-bond donors (Lipinski definition) is 1. The number of carbonyl (C=O) groups excluding carboxylic acids is 2. The summed E-state index contributed by atoms with van der Waals surface area (Å²) in [4.78, 5) is 26.2. The second-order valence-electron chi connectivity index (χ2n) is 6.72. The molecular formula is C15H23N5O2. The van der Waals surface area contributed by atoms with E-state index in [-0.39, 0.29) is 11.8 Å². The van der Waals surface area contributed by atoms with Crippen molar-refractivity contribution >= 4 is 11.8 Å². The molecule has 1 aromatic heterocycles. The van der Waals surface area contributed by atoms with Gasteiger partial charge in [-0.3, -0.25) is 14.3 Å². The molecule has 2 saturated heterocycles. The summed E-state index contributed by atoms with van der Waals surface area (Å²) in [7, 11) is 0. The molecule has 22 heavy (non-hydrogen) atoms. The van der Waals surface area contributed by atoms with Crippen LogP contribution in [0.15, 0.2) is 12.4 Å².